The van der Waals surface area contributed by atoms with Crippen LogP contribution in [0.15, 0.2) is 24.4 Å². The van der Waals surface area contributed by atoms with Gasteiger partial charge in [-0.1, -0.05) is 0 Å². The maximum atomic E-state index is 12.3. The molecule has 0 spiro atoms. The molecule has 30 heavy (non-hydrogen) atoms. The maximum absolute atomic E-state index is 12.3. The molecule has 2 bridgehead atoms. The van der Waals surface area contributed by atoms with Gasteiger partial charge >= 0.3 is 6.09 Å². The number of carbonyl (C=O) groups excluding carboxylic acids is 1. The second-order valence-electron chi connectivity index (χ2n) is 10.1. The van der Waals surface area contributed by atoms with Crippen LogP contribution in [0.2, 0.25) is 0 Å². The highest BCUT2D eigenvalue weighted by atomic mass is 16.6. The number of carbonyl (C=O) groups is 1. The average molecular weight is 412 g/mol. The number of nitrogens with zero attached hydrogens (tertiary/aromatic N) is 2. The number of aryl methyl sites for hydroxylation is 1. The van der Waals surface area contributed by atoms with E-state index in [0.717, 1.165) is 62.4 Å². The predicted octanol–water partition coefficient (Wildman–Crippen LogP) is 5.19. The number of hydrogen-bond donors (Lipinski definition) is 1. The van der Waals surface area contributed by atoms with E-state index < -0.39 is 5.60 Å². The summed E-state index contributed by atoms with van der Waals surface area (Å²) in [5.74, 6) is 0.628. The van der Waals surface area contributed by atoms with Crippen LogP contribution in [-0.4, -0.2) is 34.3 Å². The largest absolute Gasteiger partial charge is 0.481 e. The van der Waals surface area contributed by atoms with Crippen molar-refractivity contribution in [3.05, 3.63) is 30.0 Å². The lowest BCUT2D eigenvalue weighted by atomic mass is 9.56. The Hall–Kier alpha value is -2.37. The third kappa shape index (κ3) is 4.37. The van der Waals surface area contributed by atoms with Crippen LogP contribution in [0.4, 0.5) is 4.79 Å². The van der Waals surface area contributed by atoms with Crippen LogP contribution in [0.3, 0.4) is 0 Å². The summed E-state index contributed by atoms with van der Waals surface area (Å²) in [5.41, 5.74) is 2.92. The average Bonchev–Trinajstić information content (AvgIpc) is 2.71. The quantitative estimate of drug-likeness (QED) is 0.733. The van der Waals surface area contributed by atoms with E-state index in [9.17, 15) is 4.79 Å². The fourth-order valence-corrected chi connectivity index (χ4v) is 5.12. The Morgan fingerprint density at radius 2 is 1.80 bits per heavy atom. The zero-order valence-electron chi connectivity index (χ0n) is 18.6. The van der Waals surface area contributed by atoms with E-state index >= 15 is 0 Å². The van der Waals surface area contributed by atoms with E-state index in [-0.39, 0.29) is 11.6 Å². The van der Waals surface area contributed by atoms with Gasteiger partial charge in [0.2, 0.25) is 5.88 Å². The molecule has 3 fully saturated rings. The third-order valence-electron chi connectivity index (χ3n) is 6.94. The molecule has 2 aromatic rings. The van der Waals surface area contributed by atoms with Crippen LogP contribution in [0.5, 0.6) is 5.88 Å². The summed E-state index contributed by atoms with van der Waals surface area (Å²) in [6.45, 7) is 5.72. The van der Waals surface area contributed by atoms with Gasteiger partial charge in [0, 0.05) is 17.8 Å². The lowest BCUT2D eigenvalue weighted by molar-refractivity contribution is 0.000945. The van der Waals surface area contributed by atoms with Gasteiger partial charge in [0.1, 0.15) is 5.60 Å². The number of ether oxygens (including phenoxy) is 2. The molecule has 0 radical (unpaired) electrons. The molecule has 3 aliphatic carbocycles. The van der Waals surface area contributed by atoms with Crippen LogP contribution in [0.1, 0.15) is 71.3 Å². The van der Waals surface area contributed by atoms with E-state index in [0.29, 0.717) is 11.3 Å². The van der Waals surface area contributed by atoms with Crippen molar-refractivity contribution in [2.45, 2.75) is 83.3 Å². The molecule has 0 aliphatic heterocycles. The van der Waals surface area contributed by atoms with Gasteiger partial charge in [0.25, 0.3) is 0 Å². The summed E-state index contributed by atoms with van der Waals surface area (Å²) in [4.78, 5) is 21.4. The third-order valence-corrected chi connectivity index (χ3v) is 6.94. The highest BCUT2D eigenvalue weighted by molar-refractivity contribution is 5.78. The molecular weight excluding hydrogens is 378 g/mol. The number of nitrogens with one attached hydrogen (secondary N) is 1. The topological polar surface area (TPSA) is 73.3 Å². The van der Waals surface area contributed by atoms with Gasteiger partial charge in [0.15, 0.2) is 0 Å². The summed E-state index contributed by atoms with van der Waals surface area (Å²) >= 11 is 0. The minimum atomic E-state index is -0.460. The molecule has 0 unspecified atom stereocenters. The van der Waals surface area contributed by atoms with Gasteiger partial charge in [0.05, 0.1) is 18.1 Å². The number of fused-ring (bicyclic) bond motifs is 4. The second kappa shape index (κ2) is 7.71. The monoisotopic (exact) mass is 411 g/mol. The number of rotatable bonds is 5. The molecular formula is C24H33N3O3. The van der Waals surface area contributed by atoms with Gasteiger partial charge in [-0.25, -0.2) is 9.78 Å². The fourth-order valence-electron chi connectivity index (χ4n) is 5.12. The first-order valence-corrected chi connectivity index (χ1v) is 11.0. The first-order chi connectivity index (χ1) is 14.2. The molecule has 2 aromatic heterocycles. The Morgan fingerprint density at radius 1 is 1.10 bits per heavy atom. The van der Waals surface area contributed by atoms with E-state index in [1.165, 1.54) is 5.56 Å². The molecule has 3 aliphatic rings. The van der Waals surface area contributed by atoms with E-state index in [1.54, 1.807) is 7.11 Å². The van der Waals surface area contributed by atoms with Crippen molar-refractivity contribution >= 4 is 17.1 Å². The number of alkyl carbamates (subject to hydrolysis) is 1. The van der Waals surface area contributed by atoms with E-state index in [1.807, 2.05) is 39.1 Å². The van der Waals surface area contributed by atoms with Crippen LogP contribution >= 0.6 is 0 Å². The molecule has 0 atom stereocenters. The Labute approximate surface area is 178 Å². The molecule has 2 heterocycles. The maximum Gasteiger partial charge on any atom is 0.408 e. The summed E-state index contributed by atoms with van der Waals surface area (Å²) in [6.07, 6.45) is 10.3. The minimum absolute atomic E-state index is 0.0810. The molecule has 0 aromatic carbocycles. The van der Waals surface area contributed by atoms with Crippen molar-refractivity contribution < 1.29 is 14.3 Å². The van der Waals surface area contributed by atoms with Crippen molar-refractivity contribution in [3.8, 4) is 5.88 Å². The number of methoxy groups -OCH3 is 1. The molecule has 0 saturated heterocycles. The Balaban J connectivity index is 1.40. The fraction of sp³-hybridized carbons (Fsp3) is 0.625. The van der Waals surface area contributed by atoms with Crippen molar-refractivity contribution in [1.82, 2.24) is 15.3 Å². The molecule has 6 nitrogen and oxygen atoms in total. The first-order valence-electron chi connectivity index (χ1n) is 11.0. The van der Waals surface area contributed by atoms with Gasteiger partial charge in [-0.05, 0) is 95.2 Å². The highest BCUT2D eigenvalue weighted by Crippen LogP contribution is 2.54. The van der Waals surface area contributed by atoms with E-state index in [4.69, 9.17) is 9.47 Å². The molecule has 1 amide bonds. The Bertz CT molecular complexity index is 910. The number of hydrogen-bond acceptors (Lipinski definition) is 5. The van der Waals surface area contributed by atoms with Gasteiger partial charge < -0.3 is 14.8 Å². The van der Waals surface area contributed by atoms with Gasteiger partial charge in [-0.2, -0.15) is 0 Å². The van der Waals surface area contributed by atoms with Crippen molar-refractivity contribution in [2.75, 3.05) is 7.11 Å². The normalized spacial score (nSPS) is 25.9. The SMILES string of the molecule is COc1ccc2nccc(CCC34CCC(NC(=O)OC(C)(C)C)(CC3)CC4)c2n1. The number of pyridine rings is 2. The van der Waals surface area contributed by atoms with Crippen LogP contribution in [-0.2, 0) is 11.2 Å². The van der Waals surface area contributed by atoms with Gasteiger partial charge in [-0.15, -0.1) is 0 Å². The van der Waals surface area contributed by atoms with Crippen molar-refractivity contribution in [1.29, 1.82) is 0 Å². The minimum Gasteiger partial charge on any atom is -0.481 e. The predicted molar refractivity (Wildman–Crippen MR) is 117 cm³/mol. The Morgan fingerprint density at radius 3 is 2.43 bits per heavy atom. The summed E-state index contributed by atoms with van der Waals surface area (Å²) < 4.78 is 10.8. The standard InChI is InChI=1S/C24H33N3O3/c1-22(2,3)30-21(28)27-24-13-10-23(11-14-24,12-15-24)9-7-17-8-16-25-18-5-6-19(29-4)26-20(17)18/h5-6,8,16H,7,9-15H2,1-4H3,(H,27,28). The highest BCUT2D eigenvalue weighted by Gasteiger charge is 2.49. The second-order valence-corrected chi connectivity index (χ2v) is 10.1. The van der Waals surface area contributed by atoms with Crippen LogP contribution < -0.4 is 10.1 Å². The van der Waals surface area contributed by atoms with E-state index in [2.05, 4.69) is 21.4 Å². The molecule has 1 N–H and O–H groups in total. The smallest absolute Gasteiger partial charge is 0.408 e. The summed E-state index contributed by atoms with van der Waals surface area (Å²) in [7, 11) is 1.64. The zero-order valence-corrected chi connectivity index (χ0v) is 18.6. The lowest BCUT2D eigenvalue weighted by Crippen LogP contribution is -2.57. The molecule has 162 valence electrons. The molecule has 3 saturated carbocycles. The van der Waals surface area contributed by atoms with Crippen molar-refractivity contribution in [3.63, 3.8) is 0 Å². The number of aromatic nitrogens is 2. The number of amides is 1. The molecule has 6 heteroatoms. The van der Waals surface area contributed by atoms with Crippen molar-refractivity contribution in [2.24, 2.45) is 5.41 Å². The zero-order chi connectivity index (χ0) is 21.4. The lowest BCUT2D eigenvalue weighted by Gasteiger charge is -2.53. The Kier molecular flexibility index (Phi) is 5.37. The summed E-state index contributed by atoms with van der Waals surface area (Å²) in [5, 5.41) is 3.21. The first kappa shape index (κ1) is 20.9. The molecule has 5 rings (SSSR count). The van der Waals surface area contributed by atoms with Gasteiger partial charge in [-0.3, -0.25) is 4.98 Å². The summed E-state index contributed by atoms with van der Waals surface area (Å²) in [6, 6.07) is 5.92. The van der Waals surface area contributed by atoms with Crippen LogP contribution in [0.25, 0.3) is 11.0 Å². The van der Waals surface area contributed by atoms with Crippen LogP contribution in [0, 0.1) is 5.41 Å².